The molecule has 0 amide bonds. The van der Waals surface area contributed by atoms with E-state index in [4.69, 9.17) is 34.8 Å². The summed E-state index contributed by atoms with van der Waals surface area (Å²) in [6, 6.07) is 9.93. The highest BCUT2D eigenvalue weighted by Crippen LogP contribution is 2.35. The first-order chi connectivity index (χ1) is 8.49. The van der Waals surface area contributed by atoms with Gasteiger partial charge in [0.05, 0.1) is 19.9 Å². The number of hydrogen-bond acceptors (Lipinski definition) is 0. The smallest absolute Gasteiger partial charge is 0.141 e. The van der Waals surface area contributed by atoms with Crippen LogP contribution in [0.5, 0.6) is 0 Å². The molecule has 2 aromatic carbocycles. The van der Waals surface area contributed by atoms with Crippen molar-refractivity contribution in [1.29, 1.82) is 0 Å². The van der Waals surface area contributed by atoms with Crippen LogP contribution >= 0.6 is 50.7 Å². The van der Waals surface area contributed by atoms with Gasteiger partial charge < -0.3 is 0 Å². The van der Waals surface area contributed by atoms with Gasteiger partial charge >= 0.3 is 0 Å². The van der Waals surface area contributed by atoms with E-state index in [0.717, 1.165) is 11.1 Å². The summed E-state index contributed by atoms with van der Waals surface area (Å²) in [5, 5.41) is 1.07. The third-order valence-corrected chi connectivity index (χ3v) is 4.56. The molecular weight excluding hydrogens is 361 g/mol. The summed E-state index contributed by atoms with van der Waals surface area (Å²) in [4.78, 5) is -0.120. The van der Waals surface area contributed by atoms with Gasteiger partial charge in [-0.3, -0.25) is 0 Å². The fourth-order valence-corrected chi connectivity index (χ4v) is 2.60. The van der Waals surface area contributed by atoms with Crippen LogP contribution in [0.25, 0.3) is 0 Å². The highest BCUT2D eigenvalue weighted by Gasteiger charge is 2.13. The maximum Gasteiger partial charge on any atom is 0.141 e. The molecule has 0 radical (unpaired) electrons. The largest absolute Gasteiger partial charge is 0.205 e. The van der Waals surface area contributed by atoms with E-state index in [2.05, 4.69) is 15.9 Å². The molecule has 0 aliphatic carbocycles. The summed E-state index contributed by atoms with van der Waals surface area (Å²) >= 11 is 21.1. The lowest BCUT2D eigenvalue weighted by molar-refractivity contribution is 0.627. The normalized spacial score (nSPS) is 12.5. The number of alkyl halides is 1. The van der Waals surface area contributed by atoms with E-state index in [1.54, 1.807) is 24.3 Å². The Morgan fingerprint density at radius 2 is 1.39 bits per heavy atom. The molecule has 5 heteroatoms. The zero-order chi connectivity index (χ0) is 13.3. The van der Waals surface area contributed by atoms with Crippen molar-refractivity contribution >= 4 is 50.7 Å². The van der Waals surface area contributed by atoms with E-state index >= 15 is 0 Å². The van der Waals surface area contributed by atoms with Gasteiger partial charge in [0.25, 0.3) is 0 Å². The quantitative estimate of drug-likeness (QED) is 0.548. The molecule has 0 nitrogen and oxygen atoms in total. The minimum Gasteiger partial charge on any atom is -0.205 e. The van der Waals surface area contributed by atoms with Gasteiger partial charge in [0.15, 0.2) is 0 Å². The Hall–Kier alpha value is -0.280. The predicted octanol–water partition coefficient (Wildman–Crippen LogP) is 6.27. The average Bonchev–Trinajstić information content (AvgIpc) is 2.35. The van der Waals surface area contributed by atoms with Crippen LogP contribution in [0.15, 0.2) is 36.4 Å². The molecule has 18 heavy (non-hydrogen) atoms. The van der Waals surface area contributed by atoms with Crippen molar-refractivity contribution in [3.05, 3.63) is 68.4 Å². The van der Waals surface area contributed by atoms with Crippen molar-refractivity contribution in [2.45, 2.75) is 4.83 Å². The second-order valence-electron chi connectivity index (χ2n) is 3.71. The fourth-order valence-electron chi connectivity index (χ4n) is 1.53. The predicted molar refractivity (Wildman–Crippen MR) is 78.6 cm³/mol. The van der Waals surface area contributed by atoms with Gasteiger partial charge in [0.1, 0.15) is 5.82 Å². The van der Waals surface area contributed by atoms with Crippen molar-refractivity contribution in [3.8, 4) is 0 Å². The molecule has 0 aliphatic rings. The van der Waals surface area contributed by atoms with Crippen LogP contribution < -0.4 is 0 Å². The summed E-state index contributed by atoms with van der Waals surface area (Å²) in [7, 11) is 0. The molecule has 94 valence electrons. The number of halogens is 5. The second kappa shape index (κ2) is 5.79. The van der Waals surface area contributed by atoms with Crippen molar-refractivity contribution in [2.75, 3.05) is 0 Å². The Bertz CT molecular complexity index is 535. The van der Waals surface area contributed by atoms with Gasteiger partial charge in [-0.05, 0) is 35.4 Å². The van der Waals surface area contributed by atoms with Gasteiger partial charge in [-0.25, -0.2) is 4.39 Å². The molecule has 0 saturated heterocycles. The molecule has 0 saturated carbocycles. The number of benzene rings is 2. The zero-order valence-electron chi connectivity index (χ0n) is 8.93. The first-order valence-corrected chi connectivity index (χ1v) is 7.08. The van der Waals surface area contributed by atoms with Crippen LogP contribution in [0.2, 0.25) is 15.1 Å². The third-order valence-electron chi connectivity index (χ3n) is 2.47. The number of rotatable bonds is 2. The summed E-state index contributed by atoms with van der Waals surface area (Å²) in [6.45, 7) is 0. The molecule has 0 fully saturated rings. The Labute approximate surface area is 128 Å². The van der Waals surface area contributed by atoms with Crippen LogP contribution in [0.1, 0.15) is 16.0 Å². The topological polar surface area (TPSA) is 0 Å². The van der Waals surface area contributed by atoms with E-state index in [1.165, 1.54) is 6.07 Å². The summed E-state index contributed by atoms with van der Waals surface area (Å²) in [5.74, 6) is -0.436. The van der Waals surface area contributed by atoms with Crippen molar-refractivity contribution in [3.63, 3.8) is 0 Å². The summed E-state index contributed by atoms with van der Waals surface area (Å²) in [5.41, 5.74) is 1.77. The first kappa shape index (κ1) is 14.1. The highest BCUT2D eigenvalue weighted by molar-refractivity contribution is 9.09. The van der Waals surface area contributed by atoms with Gasteiger partial charge in [-0.2, -0.15) is 0 Å². The summed E-state index contributed by atoms with van der Waals surface area (Å²) < 4.78 is 13.1. The van der Waals surface area contributed by atoms with Gasteiger partial charge in [-0.1, -0.05) is 62.9 Å². The van der Waals surface area contributed by atoms with Crippen molar-refractivity contribution in [2.24, 2.45) is 0 Å². The standard InChI is InChI=1S/C13H7BrCl3F/c14-13(7-1-3-9(15)10(16)5-7)8-2-4-12(18)11(17)6-8/h1-6,13H. The second-order valence-corrected chi connectivity index (χ2v) is 5.85. The molecular formula is C13H7BrCl3F. The van der Waals surface area contributed by atoms with Gasteiger partial charge in [-0.15, -0.1) is 0 Å². The molecule has 2 aromatic rings. The van der Waals surface area contributed by atoms with Crippen molar-refractivity contribution < 1.29 is 4.39 Å². The van der Waals surface area contributed by atoms with Crippen LogP contribution in [-0.2, 0) is 0 Å². The lowest BCUT2D eigenvalue weighted by Gasteiger charge is -2.12. The summed E-state index contributed by atoms with van der Waals surface area (Å²) in [6.07, 6.45) is 0. The number of hydrogen-bond donors (Lipinski definition) is 0. The van der Waals surface area contributed by atoms with E-state index in [0.29, 0.717) is 10.0 Å². The third kappa shape index (κ3) is 3.00. The van der Waals surface area contributed by atoms with Crippen LogP contribution in [0.4, 0.5) is 4.39 Å². The highest BCUT2D eigenvalue weighted by atomic mass is 79.9. The first-order valence-electron chi connectivity index (χ1n) is 5.03. The average molecular weight is 368 g/mol. The minimum atomic E-state index is -0.436. The molecule has 0 heterocycles. The van der Waals surface area contributed by atoms with Crippen molar-refractivity contribution in [1.82, 2.24) is 0 Å². The molecule has 0 bridgehead atoms. The molecule has 2 rings (SSSR count). The molecule has 0 aromatic heterocycles. The maximum absolute atomic E-state index is 13.1. The van der Waals surface area contributed by atoms with Crippen LogP contribution in [0.3, 0.4) is 0 Å². The van der Waals surface area contributed by atoms with Crippen LogP contribution in [-0.4, -0.2) is 0 Å². The Morgan fingerprint density at radius 3 is 1.94 bits per heavy atom. The lowest BCUT2D eigenvalue weighted by atomic mass is 10.0. The van der Waals surface area contributed by atoms with Gasteiger partial charge in [0.2, 0.25) is 0 Å². The maximum atomic E-state index is 13.1. The fraction of sp³-hybridized carbons (Fsp3) is 0.0769. The van der Waals surface area contributed by atoms with E-state index < -0.39 is 5.82 Å². The lowest BCUT2D eigenvalue weighted by Crippen LogP contribution is -1.93. The van der Waals surface area contributed by atoms with E-state index in [-0.39, 0.29) is 9.85 Å². The van der Waals surface area contributed by atoms with Crippen LogP contribution in [0, 0.1) is 5.82 Å². The molecule has 0 spiro atoms. The minimum absolute atomic E-state index is 0.0945. The molecule has 0 aliphatic heterocycles. The van der Waals surface area contributed by atoms with E-state index in [9.17, 15) is 4.39 Å². The molecule has 0 N–H and O–H groups in total. The Morgan fingerprint density at radius 1 is 0.833 bits per heavy atom. The van der Waals surface area contributed by atoms with E-state index in [1.807, 2.05) is 6.07 Å². The molecule has 1 atom stereocenters. The Kier molecular flexibility index (Phi) is 4.54. The Balaban J connectivity index is 2.37. The molecule has 1 unspecified atom stereocenters. The monoisotopic (exact) mass is 366 g/mol. The zero-order valence-corrected chi connectivity index (χ0v) is 12.8. The van der Waals surface area contributed by atoms with Gasteiger partial charge in [0, 0.05) is 0 Å². The SMILES string of the molecule is Fc1ccc(C(Br)c2ccc(Cl)c(Cl)c2)cc1Cl.